The smallest absolute Gasteiger partial charge is 0.302 e. The van der Waals surface area contributed by atoms with Gasteiger partial charge in [0.15, 0.2) is 0 Å². The number of hydrogen-bond acceptors (Lipinski definition) is 4. The third-order valence-electron chi connectivity index (χ3n) is 4.18. The third kappa shape index (κ3) is 4.77. The van der Waals surface area contributed by atoms with Gasteiger partial charge in [-0.25, -0.2) is 0 Å². The first-order chi connectivity index (χ1) is 9.20. The Hall–Kier alpha value is -0.610. The normalized spacial score (nSPS) is 36.5. The molecule has 3 rings (SSSR count). The van der Waals surface area contributed by atoms with Gasteiger partial charge in [-0.3, -0.25) is 4.79 Å². The van der Waals surface area contributed by atoms with E-state index in [9.17, 15) is 4.79 Å². The van der Waals surface area contributed by atoms with Crippen molar-refractivity contribution in [3.05, 3.63) is 0 Å². The van der Waals surface area contributed by atoms with Crippen LogP contribution >= 0.6 is 0 Å². The van der Waals surface area contributed by atoms with Gasteiger partial charge < -0.3 is 14.2 Å². The standard InChI is InChI=1S/C9H16O3.C6H10O/c1-7(10)12-9-6-4-3-5-8(9)11-2;1-2-4-6-5(3-1)7-6/h8-9H,3-6H2,1-2H3;5-6H,1-4H2/t8-,9-;/m0./s1. The van der Waals surface area contributed by atoms with Gasteiger partial charge in [-0.2, -0.15) is 0 Å². The van der Waals surface area contributed by atoms with Gasteiger partial charge in [0.25, 0.3) is 0 Å². The molecule has 0 aromatic rings. The largest absolute Gasteiger partial charge is 0.460 e. The fourth-order valence-corrected chi connectivity index (χ4v) is 3.06. The molecule has 3 fully saturated rings. The molecular formula is C15H26O4. The quantitative estimate of drug-likeness (QED) is 0.572. The lowest BCUT2D eigenvalue weighted by Gasteiger charge is -2.29. The fourth-order valence-electron chi connectivity index (χ4n) is 3.06. The second-order valence-corrected chi connectivity index (χ2v) is 5.70. The lowest BCUT2D eigenvalue weighted by Crippen LogP contribution is -2.35. The number of fused-ring (bicyclic) bond motifs is 1. The number of esters is 1. The number of carbonyl (C=O) groups excluding carboxylic acids is 1. The van der Waals surface area contributed by atoms with Crippen LogP contribution in [0, 0.1) is 0 Å². The Morgan fingerprint density at radius 3 is 1.95 bits per heavy atom. The predicted octanol–water partition coefficient (Wildman–Crippen LogP) is 2.83. The van der Waals surface area contributed by atoms with E-state index in [0.29, 0.717) is 12.2 Å². The Morgan fingerprint density at radius 2 is 1.47 bits per heavy atom. The minimum Gasteiger partial charge on any atom is -0.460 e. The van der Waals surface area contributed by atoms with Gasteiger partial charge in [-0.15, -0.1) is 0 Å². The molecule has 0 aromatic heterocycles. The Kier molecular flexibility index (Phi) is 5.64. The molecule has 1 aliphatic heterocycles. The zero-order valence-electron chi connectivity index (χ0n) is 12.1. The molecule has 19 heavy (non-hydrogen) atoms. The molecule has 2 aliphatic carbocycles. The van der Waals surface area contributed by atoms with Gasteiger partial charge >= 0.3 is 5.97 Å². The summed E-state index contributed by atoms with van der Waals surface area (Å²) in [5.74, 6) is -0.205. The molecule has 4 nitrogen and oxygen atoms in total. The average Bonchev–Trinajstić information content (AvgIpc) is 3.18. The van der Waals surface area contributed by atoms with Crippen LogP contribution in [0.1, 0.15) is 58.3 Å². The van der Waals surface area contributed by atoms with Crippen LogP contribution in [0.3, 0.4) is 0 Å². The van der Waals surface area contributed by atoms with Crippen molar-refractivity contribution in [2.45, 2.75) is 82.7 Å². The number of epoxide rings is 1. The predicted molar refractivity (Wildman–Crippen MR) is 71.9 cm³/mol. The number of rotatable bonds is 2. The van der Waals surface area contributed by atoms with Gasteiger partial charge in [0.1, 0.15) is 6.10 Å². The summed E-state index contributed by atoms with van der Waals surface area (Å²) < 4.78 is 15.6. The van der Waals surface area contributed by atoms with E-state index in [4.69, 9.17) is 14.2 Å². The molecule has 0 radical (unpaired) electrons. The molecule has 0 aromatic carbocycles. The van der Waals surface area contributed by atoms with E-state index < -0.39 is 0 Å². The second-order valence-electron chi connectivity index (χ2n) is 5.70. The van der Waals surface area contributed by atoms with Crippen LogP contribution < -0.4 is 0 Å². The fraction of sp³-hybridized carbons (Fsp3) is 0.933. The Bertz CT molecular complexity index is 282. The number of methoxy groups -OCH3 is 1. The molecule has 2 saturated carbocycles. The van der Waals surface area contributed by atoms with Crippen LogP contribution in [0.2, 0.25) is 0 Å². The summed E-state index contributed by atoms with van der Waals surface area (Å²) >= 11 is 0. The van der Waals surface area contributed by atoms with Crippen molar-refractivity contribution in [1.29, 1.82) is 0 Å². The van der Waals surface area contributed by atoms with Crippen molar-refractivity contribution in [2.75, 3.05) is 7.11 Å². The average molecular weight is 270 g/mol. The minimum atomic E-state index is -0.205. The highest BCUT2D eigenvalue weighted by Crippen LogP contribution is 2.35. The first kappa shape index (κ1) is 14.8. The molecule has 0 bridgehead atoms. The summed E-state index contributed by atoms with van der Waals surface area (Å²) in [7, 11) is 1.67. The number of carbonyl (C=O) groups is 1. The van der Waals surface area contributed by atoms with Crippen molar-refractivity contribution in [3.63, 3.8) is 0 Å². The number of ether oxygens (including phenoxy) is 3. The highest BCUT2D eigenvalue weighted by atomic mass is 16.6. The lowest BCUT2D eigenvalue weighted by atomic mass is 9.94. The summed E-state index contributed by atoms with van der Waals surface area (Å²) in [5, 5.41) is 0. The number of hydrogen-bond donors (Lipinski definition) is 0. The molecule has 1 heterocycles. The van der Waals surface area contributed by atoms with Gasteiger partial charge in [0.2, 0.25) is 0 Å². The molecule has 3 aliphatic rings. The minimum absolute atomic E-state index is 0.0127. The van der Waals surface area contributed by atoms with Gasteiger partial charge in [-0.1, -0.05) is 19.3 Å². The topological polar surface area (TPSA) is 48.1 Å². The Labute approximate surface area is 115 Å². The van der Waals surface area contributed by atoms with E-state index in [-0.39, 0.29) is 18.2 Å². The zero-order chi connectivity index (χ0) is 13.7. The first-order valence-electron chi connectivity index (χ1n) is 7.56. The van der Waals surface area contributed by atoms with E-state index in [2.05, 4.69) is 0 Å². The highest BCUT2D eigenvalue weighted by molar-refractivity contribution is 5.66. The molecule has 110 valence electrons. The van der Waals surface area contributed by atoms with E-state index in [0.717, 1.165) is 19.3 Å². The van der Waals surface area contributed by atoms with Crippen LogP contribution in [-0.2, 0) is 19.0 Å². The molecule has 0 amide bonds. The van der Waals surface area contributed by atoms with Gasteiger partial charge in [0, 0.05) is 14.0 Å². The molecule has 0 spiro atoms. The summed E-state index contributed by atoms with van der Waals surface area (Å²) in [6, 6.07) is 0. The Morgan fingerprint density at radius 1 is 0.947 bits per heavy atom. The van der Waals surface area contributed by atoms with E-state index in [1.807, 2.05) is 0 Å². The van der Waals surface area contributed by atoms with Crippen LogP contribution in [0.5, 0.6) is 0 Å². The summed E-state index contributed by atoms with van der Waals surface area (Å²) in [5.41, 5.74) is 0. The maximum atomic E-state index is 10.7. The van der Waals surface area contributed by atoms with Crippen LogP contribution in [0.15, 0.2) is 0 Å². The van der Waals surface area contributed by atoms with Crippen molar-refractivity contribution >= 4 is 5.97 Å². The van der Waals surface area contributed by atoms with Crippen LogP contribution in [0.25, 0.3) is 0 Å². The van der Waals surface area contributed by atoms with Crippen molar-refractivity contribution in [3.8, 4) is 0 Å². The second kappa shape index (κ2) is 7.25. The SMILES string of the molecule is C1CCC2OC2C1.CO[C@H]1CCCC[C@@H]1OC(C)=O. The summed E-state index contributed by atoms with van der Waals surface area (Å²) in [6.07, 6.45) is 11.3. The summed E-state index contributed by atoms with van der Waals surface area (Å²) in [6.45, 7) is 1.45. The summed E-state index contributed by atoms with van der Waals surface area (Å²) in [4.78, 5) is 10.7. The lowest BCUT2D eigenvalue weighted by molar-refractivity contribution is -0.156. The van der Waals surface area contributed by atoms with Crippen molar-refractivity contribution in [2.24, 2.45) is 0 Å². The maximum Gasteiger partial charge on any atom is 0.302 e. The molecule has 1 saturated heterocycles. The maximum absolute atomic E-state index is 10.7. The highest BCUT2D eigenvalue weighted by Gasteiger charge is 2.39. The molecule has 4 heteroatoms. The van der Waals surface area contributed by atoms with Crippen LogP contribution in [-0.4, -0.2) is 37.5 Å². The van der Waals surface area contributed by atoms with Gasteiger partial charge in [-0.05, 0) is 32.1 Å². The Balaban J connectivity index is 0.000000159. The van der Waals surface area contributed by atoms with E-state index in [1.54, 1.807) is 7.11 Å². The molecule has 0 N–H and O–H groups in total. The monoisotopic (exact) mass is 270 g/mol. The van der Waals surface area contributed by atoms with Crippen molar-refractivity contribution in [1.82, 2.24) is 0 Å². The third-order valence-corrected chi connectivity index (χ3v) is 4.18. The molecule has 2 unspecified atom stereocenters. The molecular weight excluding hydrogens is 244 g/mol. The molecule has 4 atom stereocenters. The van der Waals surface area contributed by atoms with E-state index >= 15 is 0 Å². The van der Waals surface area contributed by atoms with Crippen LogP contribution in [0.4, 0.5) is 0 Å². The van der Waals surface area contributed by atoms with Gasteiger partial charge in [0.05, 0.1) is 18.3 Å². The first-order valence-corrected chi connectivity index (χ1v) is 7.56. The zero-order valence-corrected chi connectivity index (χ0v) is 12.1. The van der Waals surface area contributed by atoms with E-state index in [1.165, 1.54) is 39.0 Å². The van der Waals surface area contributed by atoms with Crippen molar-refractivity contribution < 1.29 is 19.0 Å².